The van der Waals surface area contributed by atoms with Crippen molar-refractivity contribution >= 4 is 33.9 Å². The van der Waals surface area contributed by atoms with Gasteiger partial charge >= 0.3 is 11.7 Å². The van der Waals surface area contributed by atoms with Crippen LogP contribution in [0.15, 0.2) is 21.7 Å². The zero-order valence-corrected chi connectivity index (χ0v) is 20.4. The van der Waals surface area contributed by atoms with E-state index in [2.05, 4.69) is 20.3 Å². The summed E-state index contributed by atoms with van der Waals surface area (Å²) in [5.41, 5.74) is 2.18. The Bertz CT molecular complexity index is 1330. The van der Waals surface area contributed by atoms with Gasteiger partial charge in [-0.25, -0.2) is 14.8 Å². The van der Waals surface area contributed by atoms with E-state index in [1.807, 2.05) is 39.8 Å². The van der Waals surface area contributed by atoms with Crippen LogP contribution in [0.3, 0.4) is 0 Å². The Balaban J connectivity index is 1.45. The number of rotatable bonds is 9. The standard InChI is InChI=1S/C25H33N5O4/c1-15-13-17(26-16-10-11-16)20-18(14-15)27-21-22(28-20)29-24(33)30(23(21)32)12-8-6-5-7-9-19(31)34-25(2,3)4/h13-14,16,26H,5-12H2,1-4H3,(H,28,29,33). The van der Waals surface area contributed by atoms with E-state index >= 15 is 0 Å². The second-order valence-corrected chi connectivity index (χ2v) is 10.2. The first kappa shape index (κ1) is 23.9. The fourth-order valence-corrected chi connectivity index (χ4v) is 3.97. The van der Waals surface area contributed by atoms with Gasteiger partial charge < -0.3 is 10.1 Å². The van der Waals surface area contributed by atoms with E-state index < -0.39 is 16.9 Å². The highest BCUT2D eigenvalue weighted by Crippen LogP contribution is 2.29. The summed E-state index contributed by atoms with van der Waals surface area (Å²) in [7, 11) is 0. The number of nitrogens with zero attached hydrogens (tertiary/aromatic N) is 3. The van der Waals surface area contributed by atoms with Gasteiger partial charge in [0.2, 0.25) is 0 Å². The van der Waals surface area contributed by atoms with Gasteiger partial charge in [0, 0.05) is 19.0 Å². The van der Waals surface area contributed by atoms with Gasteiger partial charge in [-0.05, 0) is 71.1 Å². The van der Waals surface area contributed by atoms with E-state index in [-0.39, 0.29) is 17.1 Å². The number of benzene rings is 1. The fraction of sp³-hybridized carbons (Fsp3) is 0.560. The molecule has 0 amide bonds. The number of aromatic nitrogens is 4. The Hall–Kier alpha value is -3.23. The Morgan fingerprint density at radius 2 is 1.85 bits per heavy atom. The van der Waals surface area contributed by atoms with Crippen molar-refractivity contribution in [2.24, 2.45) is 0 Å². The number of H-pyrrole nitrogens is 1. The summed E-state index contributed by atoms with van der Waals surface area (Å²) < 4.78 is 6.50. The molecule has 1 aliphatic carbocycles. The molecule has 2 aromatic heterocycles. The second kappa shape index (κ2) is 9.56. The maximum atomic E-state index is 13.1. The minimum atomic E-state index is -0.483. The SMILES string of the molecule is Cc1cc(NC2CC2)c2nc3[nH]c(=O)n(CCCCCCC(=O)OC(C)(C)C)c(=O)c3nc2c1. The average Bonchev–Trinajstić information content (AvgIpc) is 3.54. The monoisotopic (exact) mass is 467 g/mol. The van der Waals surface area contributed by atoms with E-state index in [1.165, 1.54) is 4.57 Å². The lowest BCUT2D eigenvalue weighted by molar-refractivity contribution is -0.154. The van der Waals surface area contributed by atoms with Crippen LogP contribution in [0, 0.1) is 6.92 Å². The maximum absolute atomic E-state index is 13.1. The van der Waals surface area contributed by atoms with Crippen LogP contribution >= 0.6 is 0 Å². The van der Waals surface area contributed by atoms with Gasteiger partial charge in [0.1, 0.15) is 11.1 Å². The number of fused-ring (bicyclic) bond motifs is 2. The molecule has 0 bridgehead atoms. The van der Waals surface area contributed by atoms with E-state index in [9.17, 15) is 14.4 Å². The lowest BCUT2D eigenvalue weighted by Gasteiger charge is -2.19. The van der Waals surface area contributed by atoms with Gasteiger partial charge in [-0.1, -0.05) is 12.8 Å². The van der Waals surface area contributed by atoms with E-state index in [0.29, 0.717) is 42.9 Å². The first-order valence-electron chi connectivity index (χ1n) is 12.0. The van der Waals surface area contributed by atoms with Gasteiger partial charge in [-0.3, -0.25) is 19.1 Å². The highest BCUT2D eigenvalue weighted by atomic mass is 16.6. The van der Waals surface area contributed by atoms with Crippen molar-refractivity contribution in [2.45, 2.75) is 90.8 Å². The Labute approximate surface area is 197 Å². The number of ether oxygens (including phenoxy) is 1. The average molecular weight is 468 g/mol. The summed E-state index contributed by atoms with van der Waals surface area (Å²) in [6, 6.07) is 4.36. The Kier molecular flexibility index (Phi) is 6.72. The molecule has 3 aromatic rings. The third kappa shape index (κ3) is 5.81. The molecule has 2 N–H and O–H groups in total. The molecule has 2 heterocycles. The molecule has 0 radical (unpaired) electrons. The second-order valence-electron chi connectivity index (χ2n) is 10.2. The summed E-state index contributed by atoms with van der Waals surface area (Å²) >= 11 is 0. The number of aryl methyl sites for hydroxylation is 1. The zero-order chi connectivity index (χ0) is 24.5. The van der Waals surface area contributed by atoms with Crippen molar-refractivity contribution in [2.75, 3.05) is 5.32 Å². The van der Waals surface area contributed by atoms with Crippen LogP contribution in [0.4, 0.5) is 5.69 Å². The normalized spacial score (nSPS) is 14.0. The van der Waals surface area contributed by atoms with Gasteiger partial charge in [0.25, 0.3) is 5.56 Å². The van der Waals surface area contributed by atoms with Crippen LogP contribution in [0.2, 0.25) is 0 Å². The molecule has 0 unspecified atom stereocenters. The quantitative estimate of drug-likeness (QED) is 0.279. The summed E-state index contributed by atoms with van der Waals surface area (Å²) in [6.45, 7) is 7.82. The number of aromatic amines is 1. The van der Waals surface area contributed by atoms with Crippen molar-refractivity contribution in [3.05, 3.63) is 38.5 Å². The van der Waals surface area contributed by atoms with Gasteiger partial charge in [-0.15, -0.1) is 0 Å². The molecule has 0 spiro atoms. The maximum Gasteiger partial charge on any atom is 0.330 e. The van der Waals surface area contributed by atoms with Gasteiger partial charge in [-0.2, -0.15) is 0 Å². The largest absolute Gasteiger partial charge is 0.460 e. The molecule has 1 aliphatic rings. The molecule has 1 fully saturated rings. The van der Waals surface area contributed by atoms with Crippen LogP contribution in [0.25, 0.3) is 22.2 Å². The van der Waals surface area contributed by atoms with Crippen LogP contribution in [-0.2, 0) is 16.1 Å². The van der Waals surface area contributed by atoms with E-state index in [0.717, 1.165) is 36.9 Å². The third-order valence-corrected chi connectivity index (χ3v) is 5.70. The van der Waals surface area contributed by atoms with Crippen LogP contribution < -0.4 is 16.6 Å². The molecule has 34 heavy (non-hydrogen) atoms. The fourth-order valence-electron chi connectivity index (χ4n) is 3.97. The number of nitrogens with one attached hydrogen (secondary N) is 2. The number of unbranched alkanes of at least 4 members (excludes halogenated alkanes) is 3. The molecule has 0 saturated heterocycles. The Morgan fingerprint density at radius 1 is 1.12 bits per heavy atom. The highest BCUT2D eigenvalue weighted by Gasteiger charge is 2.23. The van der Waals surface area contributed by atoms with Crippen molar-refractivity contribution < 1.29 is 9.53 Å². The molecular weight excluding hydrogens is 434 g/mol. The third-order valence-electron chi connectivity index (χ3n) is 5.70. The predicted octanol–water partition coefficient (Wildman–Crippen LogP) is 3.81. The smallest absolute Gasteiger partial charge is 0.330 e. The number of carbonyl (C=O) groups excluding carboxylic acids is 1. The number of hydrogen-bond donors (Lipinski definition) is 2. The molecule has 9 heteroatoms. The van der Waals surface area contributed by atoms with Crippen LogP contribution in [-0.4, -0.2) is 37.1 Å². The topological polar surface area (TPSA) is 119 Å². The van der Waals surface area contributed by atoms with Crippen molar-refractivity contribution in [3.63, 3.8) is 0 Å². The van der Waals surface area contributed by atoms with Crippen LogP contribution in [0.1, 0.15) is 71.3 Å². The lowest BCUT2D eigenvalue weighted by Crippen LogP contribution is -2.35. The minimum absolute atomic E-state index is 0.167. The molecule has 4 rings (SSSR count). The molecule has 9 nitrogen and oxygen atoms in total. The minimum Gasteiger partial charge on any atom is -0.460 e. The Morgan fingerprint density at radius 3 is 2.56 bits per heavy atom. The number of hydrogen-bond acceptors (Lipinski definition) is 7. The molecule has 0 atom stereocenters. The summed E-state index contributed by atoms with van der Waals surface area (Å²) in [5.74, 6) is -0.203. The zero-order valence-electron chi connectivity index (χ0n) is 20.4. The number of anilines is 1. The molecule has 1 saturated carbocycles. The van der Waals surface area contributed by atoms with Crippen molar-refractivity contribution in [1.82, 2.24) is 19.5 Å². The van der Waals surface area contributed by atoms with Gasteiger partial charge in [0.15, 0.2) is 11.2 Å². The highest BCUT2D eigenvalue weighted by molar-refractivity contribution is 5.93. The lowest BCUT2D eigenvalue weighted by atomic mass is 10.1. The number of carbonyl (C=O) groups is 1. The number of esters is 1. The first-order chi connectivity index (χ1) is 16.1. The molecule has 0 aliphatic heterocycles. The van der Waals surface area contributed by atoms with Crippen LogP contribution in [0.5, 0.6) is 0 Å². The van der Waals surface area contributed by atoms with Crippen molar-refractivity contribution in [3.8, 4) is 0 Å². The first-order valence-corrected chi connectivity index (χ1v) is 12.0. The molecule has 1 aromatic carbocycles. The molecule has 182 valence electrons. The van der Waals surface area contributed by atoms with Gasteiger partial charge in [0.05, 0.1) is 11.2 Å². The summed E-state index contributed by atoms with van der Waals surface area (Å²) in [6.07, 6.45) is 5.60. The van der Waals surface area contributed by atoms with E-state index in [4.69, 9.17) is 4.74 Å². The van der Waals surface area contributed by atoms with Crippen molar-refractivity contribution in [1.29, 1.82) is 0 Å². The van der Waals surface area contributed by atoms with E-state index in [1.54, 1.807) is 0 Å². The summed E-state index contributed by atoms with van der Waals surface area (Å²) in [5, 5.41) is 3.46. The predicted molar refractivity (Wildman–Crippen MR) is 132 cm³/mol. The molecular formula is C25H33N5O4. The summed E-state index contributed by atoms with van der Waals surface area (Å²) in [4.78, 5) is 49.4.